The van der Waals surface area contributed by atoms with E-state index in [1.54, 1.807) is 0 Å². The second-order valence-corrected chi connectivity index (χ2v) is 5.20. The third-order valence-corrected chi connectivity index (χ3v) is 2.49. The molecule has 0 atom stereocenters. The lowest BCUT2D eigenvalue weighted by molar-refractivity contribution is -0.137. The zero-order valence-electron chi connectivity index (χ0n) is 13.5. The van der Waals surface area contributed by atoms with Crippen molar-refractivity contribution < 1.29 is 27.4 Å². The van der Waals surface area contributed by atoms with E-state index in [0.717, 1.165) is 12.8 Å². The van der Waals surface area contributed by atoms with Crippen LogP contribution >= 0.6 is 0 Å². The minimum atomic E-state index is -5.17. The van der Waals surface area contributed by atoms with Gasteiger partial charge in [-0.15, -0.1) is 0 Å². The van der Waals surface area contributed by atoms with Crippen LogP contribution in [-0.4, -0.2) is 28.6 Å². The minimum Gasteiger partial charge on any atom is -0.759 e. The van der Waals surface area contributed by atoms with Crippen molar-refractivity contribution in [3.8, 4) is 0 Å². The zero-order valence-corrected chi connectivity index (χ0v) is 14.3. The van der Waals surface area contributed by atoms with E-state index in [1.807, 2.05) is 0 Å². The van der Waals surface area contributed by atoms with E-state index in [-0.39, 0.29) is 12.3 Å². The number of unbranched alkanes of at least 4 members (excludes halogenated alkanes) is 8. The molecule has 0 spiro atoms. The molecule has 9 N–H and O–H groups in total. The minimum absolute atomic E-state index is 0. The van der Waals surface area contributed by atoms with Crippen molar-refractivity contribution in [3.05, 3.63) is 0 Å². The second kappa shape index (κ2) is 19.3. The standard InChI is InChI=1S/C12H24O2.2H3N.H2O4S/c1-2-3-4-5-6-7-8-9-10-11-12(13)14;;;1-5(2,3)4/h2-11H2,1H3,(H,13,14);2*1H3;(H2,1,2,3,4). The molecule has 0 fully saturated rings. The molecule has 0 amide bonds. The van der Waals surface area contributed by atoms with Gasteiger partial charge in [-0.3, -0.25) is 13.2 Å². The van der Waals surface area contributed by atoms with E-state index in [4.69, 9.17) is 22.6 Å². The van der Waals surface area contributed by atoms with E-state index in [9.17, 15) is 4.79 Å². The Hall–Kier alpha value is -0.740. The molecule has 0 radical (unpaired) electrons. The van der Waals surface area contributed by atoms with Crippen molar-refractivity contribution >= 4 is 16.4 Å². The van der Waals surface area contributed by atoms with Gasteiger partial charge < -0.3 is 26.5 Å². The smallest absolute Gasteiger partial charge is 0.303 e. The average Bonchev–Trinajstić information content (AvgIpc) is 2.24. The third-order valence-electron chi connectivity index (χ3n) is 2.49. The van der Waals surface area contributed by atoms with Gasteiger partial charge in [-0.2, -0.15) is 0 Å². The first-order valence-electron chi connectivity index (χ1n) is 6.66. The van der Waals surface area contributed by atoms with Crippen LogP contribution in [0.4, 0.5) is 0 Å². The Morgan fingerprint density at radius 3 is 1.43 bits per heavy atom. The molecule has 9 heteroatoms. The molecule has 0 bridgehead atoms. The van der Waals surface area contributed by atoms with Crippen LogP contribution in [0.25, 0.3) is 0 Å². The Morgan fingerprint density at radius 2 is 1.14 bits per heavy atom. The molecule has 0 aliphatic rings. The maximum atomic E-state index is 10.2. The zero-order chi connectivity index (χ0) is 15.1. The van der Waals surface area contributed by atoms with Crippen molar-refractivity contribution in [2.45, 2.75) is 71.1 Å². The molecule has 21 heavy (non-hydrogen) atoms. The number of hydrogen-bond donors (Lipinski definition) is 3. The topological polar surface area (TPSA) is 191 Å². The molecular formula is C12H32N2O6S. The quantitative estimate of drug-likeness (QED) is 0.311. The van der Waals surface area contributed by atoms with Crippen LogP contribution in [0.15, 0.2) is 0 Å². The van der Waals surface area contributed by atoms with Gasteiger partial charge in [0.2, 0.25) is 0 Å². The lowest BCUT2D eigenvalue weighted by Crippen LogP contribution is -1.93. The Morgan fingerprint density at radius 1 is 0.857 bits per heavy atom. The molecule has 132 valence electrons. The first-order chi connectivity index (χ1) is 8.77. The highest BCUT2D eigenvalue weighted by molar-refractivity contribution is 7.79. The molecule has 0 unspecified atom stereocenters. The van der Waals surface area contributed by atoms with Gasteiger partial charge in [0.1, 0.15) is 0 Å². The molecule has 0 heterocycles. The Balaban J connectivity index is -0.000000179. The lowest BCUT2D eigenvalue weighted by Gasteiger charge is -2.06. The van der Waals surface area contributed by atoms with Crippen LogP contribution in [0.2, 0.25) is 0 Å². The van der Waals surface area contributed by atoms with Crippen molar-refractivity contribution in [3.63, 3.8) is 0 Å². The van der Waals surface area contributed by atoms with E-state index in [0.29, 0.717) is 6.42 Å². The molecule has 0 aliphatic carbocycles. The number of carboxylic acids is 1. The van der Waals surface area contributed by atoms with Gasteiger partial charge >= 0.3 is 5.97 Å². The summed E-state index contributed by atoms with van der Waals surface area (Å²) < 4.78 is 34.1. The van der Waals surface area contributed by atoms with Gasteiger partial charge in [0.15, 0.2) is 0 Å². The van der Waals surface area contributed by atoms with E-state index >= 15 is 0 Å². The van der Waals surface area contributed by atoms with Gasteiger partial charge in [0, 0.05) is 16.8 Å². The van der Waals surface area contributed by atoms with Crippen LogP contribution in [0.1, 0.15) is 71.1 Å². The summed E-state index contributed by atoms with van der Waals surface area (Å²) in [5.41, 5.74) is 0. The fourth-order valence-corrected chi connectivity index (χ4v) is 1.59. The highest BCUT2D eigenvalue weighted by Crippen LogP contribution is 2.10. The fourth-order valence-electron chi connectivity index (χ4n) is 1.59. The van der Waals surface area contributed by atoms with Crippen LogP contribution in [0.5, 0.6) is 0 Å². The second-order valence-electron chi connectivity index (χ2n) is 4.38. The average molecular weight is 332 g/mol. The highest BCUT2D eigenvalue weighted by Gasteiger charge is 1.96. The molecular weight excluding hydrogens is 300 g/mol. The molecule has 0 aromatic rings. The van der Waals surface area contributed by atoms with E-state index in [1.165, 1.54) is 44.9 Å². The third kappa shape index (κ3) is 54.5. The summed E-state index contributed by atoms with van der Waals surface area (Å²) in [6.07, 6.45) is 11.5. The number of carbonyl (C=O) groups is 1. The van der Waals surface area contributed by atoms with Gasteiger partial charge in [0.25, 0.3) is 0 Å². The highest BCUT2D eigenvalue weighted by atomic mass is 32.3. The fraction of sp³-hybridized carbons (Fsp3) is 0.917. The number of carboxylic acid groups (broad SMARTS) is 1. The van der Waals surface area contributed by atoms with Crippen LogP contribution < -0.4 is 12.3 Å². The van der Waals surface area contributed by atoms with Gasteiger partial charge in [-0.25, -0.2) is 0 Å². The van der Waals surface area contributed by atoms with E-state index < -0.39 is 16.4 Å². The van der Waals surface area contributed by atoms with Crippen LogP contribution in [-0.2, 0) is 15.2 Å². The SMILES string of the molecule is CCCCCCCCCCCC(=O)O.O=S(=O)([O-])[O-].[NH4+].[NH4+]. The first kappa shape index (κ1) is 28.4. The van der Waals surface area contributed by atoms with Crippen LogP contribution in [0, 0.1) is 0 Å². The number of quaternary nitrogens is 2. The monoisotopic (exact) mass is 332 g/mol. The summed E-state index contributed by atoms with van der Waals surface area (Å²) in [6.45, 7) is 2.23. The Kier molecular flexibility index (Phi) is 26.1. The Bertz CT molecular complexity index is 301. The predicted octanol–water partition coefficient (Wildman–Crippen LogP) is 3.41. The molecule has 0 saturated heterocycles. The van der Waals surface area contributed by atoms with Crippen molar-refractivity contribution in [1.29, 1.82) is 0 Å². The largest absolute Gasteiger partial charge is 0.759 e. The number of rotatable bonds is 10. The molecule has 0 rings (SSSR count). The molecule has 0 aromatic heterocycles. The molecule has 0 aliphatic heterocycles. The summed E-state index contributed by atoms with van der Waals surface area (Å²) in [4.78, 5) is 10.2. The van der Waals surface area contributed by atoms with E-state index in [2.05, 4.69) is 6.92 Å². The molecule has 0 aromatic carbocycles. The van der Waals surface area contributed by atoms with Gasteiger partial charge in [-0.05, 0) is 6.42 Å². The maximum absolute atomic E-state index is 10.2. The first-order valence-corrected chi connectivity index (χ1v) is 7.99. The summed E-state index contributed by atoms with van der Waals surface area (Å²) >= 11 is 0. The van der Waals surface area contributed by atoms with Crippen LogP contribution in [0.3, 0.4) is 0 Å². The Labute approximate surface area is 128 Å². The number of aliphatic carboxylic acids is 1. The predicted molar refractivity (Wildman–Crippen MR) is 81.9 cm³/mol. The lowest BCUT2D eigenvalue weighted by atomic mass is 10.1. The normalized spacial score (nSPS) is 9.67. The van der Waals surface area contributed by atoms with Crippen molar-refractivity contribution in [2.24, 2.45) is 0 Å². The summed E-state index contributed by atoms with van der Waals surface area (Å²) in [5, 5.41) is 8.41. The van der Waals surface area contributed by atoms with Gasteiger partial charge in [0.05, 0.1) is 0 Å². The number of hydrogen-bond acceptors (Lipinski definition) is 5. The summed E-state index contributed by atoms with van der Waals surface area (Å²) in [7, 11) is -5.17. The van der Waals surface area contributed by atoms with Crippen molar-refractivity contribution in [2.75, 3.05) is 0 Å². The maximum Gasteiger partial charge on any atom is 0.303 e. The molecule has 0 saturated carbocycles. The molecule has 8 nitrogen and oxygen atoms in total. The van der Waals surface area contributed by atoms with Crippen molar-refractivity contribution in [1.82, 2.24) is 12.3 Å². The summed E-state index contributed by atoms with van der Waals surface area (Å²) in [6, 6.07) is 0. The summed E-state index contributed by atoms with van der Waals surface area (Å²) in [5.74, 6) is -0.659. The van der Waals surface area contributed by atoms with Gasteiger partial charge in [-0.1, -0.05) is 58.3 Å².